The van der Waals surface area contributed by atoms with Crippen molar-refractivity contribution in [2.24, 2.45) is 0 Å². The van der Waals surface area contributed by atoms with E-state index < -0.39 is 6.10 Å². The Morgan fingerprint density at radius 3 is 2.50 bits per heavy atom. The summed E-state index contributed by atoms with van der Waals surface area (Å²) in [5, 5.41) is 16.8. The number of Topliss-reactive ketones (excluding diaryl/α,β-unsaturated/α-hetero) is 1. The predicted octanol–water partition coefficient (Wildman–Crippen LogP) is 4.38. The fourth-order valence-corrected chi connectivity index (χ4v) is 3.71. The molecule has 1 aliphatic rings. The fourth-order valence-electron chi connectivity index (χ4n) is 3.71. The average Bonchev–Trinajstić information content (AvgIpc) is 2.81. The van der Waals surface area contributed by atoms with Crippen LogP contribution >= 0.6 is 0 Å². The van der Waals surface area contributed by atoms with E-state index in [0.717, 1.165) is 37.9 Å². The van der Waals surface area contributed by atoms with Gasteiger partial charge >= 0.3 is 0 Å². The minimum absolute atomic E-state index is 0.194. The lowest BCUT2D eigenvalue weighted by molar-refractivity contribution is 0.0766. The topological polar surface area (TPSA) is 37.3 Å². The van der Waals surface area contributed by atoms with Crippen molar-refractivity contribution >= 4 is 38.1 Å². The molecule has 0 spiro atoms. The monoisotopic (exact) mass is 284 g/mol. The summed E-state index contributed by atoms with van der Waals surface area (Å²) >= 11 is 0. The van der Waals surface area contributed by atoms with E-state index in [1.165, 1.54) is 0 Å². The zero-order valence-corrected chi connectivity index (χ0v) is 11.7. The van der Waals surface area contributed by atoms with Crippen molar-refractivity contribution in [1.29, 1.82) is 0 Å². The SMILES string of the molecule is O=C1c2cccc3c2c(cc2c4ccccc4ccc32)C1O. The highest BCUT2D eigenvalue weighted by molar-refractivity contribution is 6.25. The van der Waals surface area contributed by atoms with Crippen LogP contribution in [0.3, 0.4) is 0 Å². The normalized spacial score (nSPS) is 17.0. The summed E-state index contributed by atoms with van der Waals surface area (Å²) in [5.41, 5.74) is 1.37. The number of hydrogen-bond donors (Lipinski definition) is 1. The molecule has 0 aromatic heterocycles. The highest BCUT2D eigenvalue weighted by Crippen LogP contribution is 2.42. The lowest BCUT2D eigenvalue weighted by atomic mass is 9.94. The van der Waals surface area contributed by atoms with Gasteiger partial charge in [0.25, 0.3) is 0 Å². The van der Waals surface area contributed by atoms with Crippen molar-refractivity contribution in [2.45, 2.75) is 6.10 Å². The van der Waals surface area contributed by atoms with Crippen molar-refractivity contribution in [3.63, 3.8) is 0 Å². The van der Waals surface area contributed by atoms with Crippen LogP contribution in [0.25, 0.3) is 32.3 Å². The number of fused-ring (bicyclic) bond motifs is 4. The molecule has 0 radical (unpaired) electrons. The highest BCUT2D eigenvalue weighted by Gasteiger charge is 2.31. The third kappa shape index (κ3) is 1.31. The number of rotatable bonds is 0. The standard InChI is InChI=1S/C20H12O2/c21-19-15-7-3-6-14-13-9-8-11-4-1-2-5-12(11)16(13)10-17(18(14)15)20(19)22/h1-10,20,22H. The fraction of sp³-hybridized carbons (Fsp3) is 0.0500. The average molecular weight is 284 g/mol. The molecule has 0 saturated heterocycles. The molecule has 1 atom stereocenters. The van der Waals surface area contributed by atoms with Gasteiger partial charge < -0.3 is 5.11 Å². The van der Waals surface area contributed by atoms with Crippen LogP contribution in [0.5, 0.6) is 0 Å². The third-order valence-corrected chi connectivity index (χ3v) is 4.72. The van der Waals surface area contributed by atoms with Crippen LogP contribution in [0.1, 0.15) is 22.0 Å². The van der Waals surface area contributed by atoms with Crippen LogP contribution in [-0.4, -0.2) is 10.9 Å². The molecule has 1 unspecified atom stereocenters. The van der Waals surface area contributed by atoms with E-state index in [1.807, 2.05) is 30.3 Å². The number of carbonyl (C=O) groups excluding carboxylic acids is 1. The Morgan fingerprint density at radius 1 is 0.773 bits per heavy atom. The van der Waals surface area contributed by atoms with Gasteiger partial charge in [-0.3, -0.25) is 4.79 Å². The van der Waals surface area contributed by atoms with Crippen molar-refractivity contribution in [3.8, 4) is 0 Å². The summed E-state index contributed by atoms with van der Waals surface area (Å²) in [4.78, 5) is 12.3. The zero-order valence-electron chi connectivity index (χ0n) is 11.7. The van der Waals surface area contributed by atoms with Gasteiger partial charge in [-0.05, 0) is 43.9 Å². The van der Waals surface area contributed by atoms with E-state index in [0.29, 0.717) is 5.56 Å². The molecule has 5 rings (SSSR count). The summed E-state index contributed by atoms with van der Waals surface area (Å²) < 4.78 is 0. The molecule has 4 aromatic carbocycles. The zero-order chi connectivity index (χ0) is 14.8. The summed E-state index contributed by atoms with van der Waals surface area (Å²) in [7, 11) is 0. The maximum absolute atomic E-state index is 12.3. The van der Waals surface area contributed by atoms with Crippen molar-refractivity contribution < 1.29 is 9.90 Å². The van der Waals surface area contributed by atoms with E-state index in [-0.39, 0.29) is 5.78 Å². The Kier molecular flexibility index (Phi) is 2.13. The largest absolute Gasteiger partial charge is 0.380 e. The maximum Gasteiger partial charge on any atom is 0.196 e. The maximum atomic E-state index is 12.3. The van der Waals surface area contributed by atoms with Gasteiger partial charge in [0.1, 0.15) is 6.10 Å². The van der Waals surface area contributed by atoms with E-state index in [9.17, 15) is 9.90 Å². The number of ketones is 1. The lowest BCUT2D eigenvalue weighted by Crippen LogP contribution is -2.04. The molecule has 0 bridgehead atoms. The highest BCUT2D eigenvalue weighted by atomic mass is 16.3. The molecule has 1 N–H and O–H groups in total. The smallest absolute Gasteiger partial charge is 0.196 e. The Bertz CT molecular complexity index is 1110. The summed E-state index contributed by atoms with van der Waals surface area (Å²) in [6, 6.07) is 20.1. The van der Waals surface area contributed by atoms with E-state index >= 15 is 0 Å². The van der Waals surface area contributed by atoms with Gasteiger partial charge in [0.15, 0.2) is 5.78 Å². The molecule has 2 heteroatoms. The van der Waals surface area contributed by atoms with Crippen LogP contribution < -0.4 is 0 Å². The predicted molar refractivity (Wildman–Crippen MR) is 88.3 cm³/mol. The van der Waals surface area contributed by atoms with Gasteiger partial charge in [-0.2, -0.15) is 0 Å². The second-order valence-corrected chi connectivity index (χ2v) is 5.84. The van der Waals surface area contributed by atoms with Crippen LogP contribution in [0, 0.1) is 0 Å². The van der Waals surface area contributed by atoms with E-state index in [2.05, 4.69) is 24.3 Å². The summed E-state index contributed by atoms with van der Waals surface area (Å²) in [6.45, 7) is 0. The third-order valence-electron chi connectivity index (χ3n) is 4.72. The Morgan fingerprint density at radius 2 is 1.59 bits per heavy atom. The summed E-state index contributed by atoms with van der Waals surface area (Å²) in [5.74, 6) is -0.194. The minimum atomic E-state index is -1.04. The molecule has 0 aliphatic heterocycles. The Hall–Kier alpha value is -2.71. The molecule has 0 heterocycles. The van der Waals surface area contributed by atoms with Gasteiger partial charge in [-0.25, -0.2) is 0 Å². The van der Waals surface area contributed by atoms with Crippen molar-refractivity contribution in [1.82, 2.24) is 0 Å². The summed E-state index contributed by atoms with van der Waals surface area (Å²) in [6.07, 6.45) is -1.04. The Balaban J connectivity index is 2.10. The van der Waals surface area contributed by atoms with Crippen LogP contribution in [0.15, 0.2) is 60.7 Å². The second kappa shape index (κ2) is 3.93. The van der Waals surface area contributed by atoms with Gasteiger partial charge in [0, 0.05) is 5.56 Å². The molecule has 0 saturated carbocycles. The molecular formula is C20H12O2. The number of hydrogen-bond acceptors (Lipinski definition) is 2. The lowest BCUT2D eigenvalue weighted by Gasteiger charge is -2.10. The van der Waals surface area contributed by atoms with Crippen LogP contribution in [0.2, 0.25) is 0 Å². The number of benzene rings is 4. The molecule has 2 nitrogen and oxygen atoms in total. The second-order valence-electron chi connectivity index (χ2n) is 5.84. The molecule has 0 fully saturated rings. The minimum Gasteiger partial charge on any atom is -0.380 e. The molecule has 4 aromatic rings. The van der Waals surface area contributed by atoms with E-state index in [1.54, 1.807) is 6.07 Å². The van der Waals surface area contributed by atoms with Crippen LogP contribution in [-0.2, 0) is 0 Å². The molecular weight excluding hydrogens is 272 g/mol. The molecule has 1 aliphatic carbocycles. The quantitative estimate of drug-likeness (QED) is 0.487. The van der Waals surface area contributed by atoms with Gasteiger partial charge in [-0.1, -0.05) is 54.6 Å². The van der Waals surface area contributed by atoms with E-state index in [4.69, 9.17) is 0 Å². The molecule has 22 heavy (non-hydrogen) atoms. The number of aliphatic hydroxyl groups excluding tert-OH is 1. The van der Waals surface area contributed by atoms with Gasteiger partial charge in [0.2, 0.25) is 0 Å². The number of aliphatic hydroxyl groups is 1. The number of carbonyl (C=O) groups is 1. The van der Waals surface area contributed by atoms with Crippen molar-refractivity contribution in [2.75, 3.05) is 0 Å². The first-order valence-electron chi connectivity index (χ1n) is 7.35. The first-order chi connectivity index (χ1) is 10.8. The van der Waals surface area contributed by atoms with Gasteiger partial charge in [-0.15, -0.1) is 0 Å². The Labute approximate surface area is 126 Å². The molecule has 104 valence electrons. The van der Waals surface area contributed by atoms with Crippen molar-refractivity contribution in [3.05, 3.63) is 71.8 Å². The first kappa shape index (κ1) is 11.9. The van der Waals surface area contributed by atoms with Gasteiger partial charge in [0.05, 0.1) is 0 Å². The molecule has 0 amide bonds. The first-order valence-corrected chi connectivity index (χ1v) is 7.35. The van der Waals surface area contributed by atoms with Crippen LogP contribution in [0.4, 0.5) is 0 Å².